The van der Waals surface area contributed by atoms with E-state index in [1.807, 2.05) is 0 Å². The van der Waals surface area contributed by atoms with Crippen molar-refractivity contribution in [2.45, 2.75) is 19.8 Å². The summed E-state index contributed by atoms with van der Waals surface area (Å²) in [7, 11) is 0. The molecule has 5 heteroatoms. The van der Waals surface area contributed by atoms with Gasteiger partial charge in [-0.2, -0.15) is 5.10 Å². The number of phenols is 2. The Morgan fingerprint density at radius 1 is 1.35 bits per heavy atom. The smallest absolute Gasteiger partial charge is 0.236 e. The molecule has 0 heterocycles. The van der Waals surface area contributed by atoms with E-state index in [2.05, 4.69) is 23.7 Å². The Morgan fingerprint density at radius 3 is 2.55 bits per heavy atom. The van der Waals surface area contributed by atoms with Crippen molar-refractivity contribution in [3.8, 4) is 11.5 Å². The van der Waals surface area contributed by atoms with Crippen molar-refractivity contribution in [2.24, 2.45) is 5.10 Å². The first-order valence-corrected chi connectivity index (χ1v) is 6.09. The van der Waals surface area contributed by atoms with Gasteiger partial charge in [0, 0.05) is 23.6 Å². The quantitative estimate of drug-likeness (QED) is 0.321. The van der Waals surface area contributed by atoms with Gasteiger partial charge in [-0.05, 0) is 18.9 Å². The number of nitrogens with one attached hydrogen (secondary N) is 1. The van der Waals surface area contributed by atoms with Gasteiger partial charge in [0.05, 0.1) is 6.21 Å². The minimum Gasteiger partial charge on any atom is -0.508 e. The maximum atomic E-state index is 10.8. The monoisotopic (exact) mass is 274 g/mol. The van der Waals surface area contributed by atoms with Crippen molar-refractivity contribution >= 4 is 12.1 Å². The average molecular weight is 274 g/mol. The predicted octanol–water partition coefficient (Wildman–Crippen LogP) is 2.02. The van der Waals surface area contributed by atoms with E-state index in [-0.39, 0.29) is 17.4 Å². The molecule has 0 aliphatic heterocycles. The van der Waals surface area contributed by atoms with Crippen molar-refractivity contribution in [2.75, 3.05) is 0 Å². The molecule has 0 radical (unpaired) electrons. The summed E-state index contributed by atoms with van der Waals surface area (Å²) in [5.74, 6) is -0.269. The first kappa shape index (κ1) is 15.5. The number of hydrogen-bond acceptors (Lipinski definition) is 4. The Hall–Kier alpha value is -2.56. The third kappa shape index (κ3) is 3.71. The summed E-state index contributed by atoms with van der Waals surface area (Å²) in [6.45, 7) is 8.54. The van der Waals surface area contributed by atoms with Crippen LogP contribution in [0, 0.1) is 0 Å². The SMILES string of the molecule is C=CCc1cc(O)c(CC=C)c(C=NNC(C)=O)c1O. The van der Waals surface area contributed by atoms with Crippen LogP contribution in [0.25, 0.3) is 0 Å². The fraction of sp³-hybridized carbons (Fsp3) is 0.200. The van der Waals surface area contributed by atoms with Gasteiger partial charge in [-0.1, -0.05) is 12.2 Å². The molecule has 0 atom stereocenters. The number of carbonyl (C=O) groups is 1. The lowest BCUT2D eigenvalue weighted by Crippen LogP contribution is -2.12. The van der Waals surface area contributed by atoms with Crippen molar-refractivity contribution in [1.29, 1.82) is 0 Å². The number of aromatic hydroxyl groups is 2. The van der Waals surface area contributed by atoms with Crippen LogP contribution >= 0.6 is 0 Å². The maximum Gasteiger partial charge on any atom is 0.236 e. The van der Waals surface area contributed by atoms with E-state index in [0.717, 1.165) is 0 Å². The van der Waals surface area contributed by atoms with Crippen molar-refractivity contribution in [1.82, 2.24) is 5.43 Å². The number of amides is 1. The molecule has 3 N–H and O–H groups in total. The van der Waals surface area contributed by atoms with Gasteiger partial charge in [-0.3, -0.25) is 4.79 Å². The van der Waals surface area contributed by atoms with E-state index in [1.54, 1.807) is 12.2 Å². The minimum absolute atomic E-state index is 0.00801. The molecule has 0 fully saturated rings. The summed E-state index contributed by atoms with van der Waals surface area (Å²) in [5.41, 5.74) is 3.65. The molecule has 0 bridgehead atoms. The molecule has 1 aromatic carbocycles. The van der Waals surface area contributed by atoms with Crippen LogP contribution in [-0.4, -0.2) is 22.3 Å². The highest BCUT2D eigenvalue weighted by Crippen LogP contribution is 2.33. The lowest BCUT2D eigenvalue weighted by molar-refractivity contribution is -0.118. The highest BCUT2D eigenvalue weighted by atomic mass is 16.3. The zero-order valence-corrected chi connectivity index (χ0v) is 11.4. The van der Waals surface area contributed by atoms with Crippen LogP contribution in [-0.2, 0) is 17.6 Å². The van der Waals surface area contributed by atoms with Gasteiger partial charge in [-0.25, -0.2) is 5.43 Å². The summed E-state index contributed by atoms with van der Waals surface area (Å²) in [6.07, 6.45) is 5.32. The maximum absolute atomic E-state index is 10.8. The Balaban J connectivity index is 3.33. The van der Waals surface area contributed by atoms with Crippen LogP contribution in [0.5, 0.6) is 11.5 Å². The highest BCUT2D eigenvalue weighted by molar-refractivity contribution is 5.88. The van der Waals surface area contributed by atoms with Gasteiger partial charge in [0.15, 0.2) is 0 Å². The van der Waals surface area contributed by atoms with Gasteiger partial charge < -0.3 is 10.2 Å². The van der Waals surface area contributed by atoms with Crippen molar-refractivity contribution in [3.63, 3.8) is 0 Å². The van der Waals surface area contributed by atoms with Crippen LogP contribution in [0.4, 0.5) is 0 Å². The molecule has 1 rings (SSSR count). The van der Waals surface area contributed by atoms with E-state index in [4.69, 9.17) is 0 Å². The number of rotatable bonds is 6. The van der Waals surface area contributed by atoms with E-state index in [9.17, 15) is 15.0 Å². The molecular weight excluding hydrogens is 256 g/mol. The van der Waals surface area contributed by atoms with Gasteiger partial charge in [0.2, 0.25) is 5.91 Å². The van der Waals surface area contributed by atoms with Crippen LogP contribution in [0.1, 0.15) is 23.6 Å². The van der Waals surface area contributed by atoms with Crippen LogP contribution in [0.2, 0.25) is 0 Å². The number of benzene rings is 1. The fourth-order valence-corrected chi connectivity index (χ4v) is 1.77. The number of hydrazone groups is 1. The predicted molar refractivity (Wildman–Crippen MR) is 79.0 cm³/mol. The summed E-state index contributed by atoms with van der Waals surface area (Å²) in [5, 5.41) is 24.0. The molecule has 0 aliphatic carbocycles. The van der Waals surface area contributed by atoms with E-state index < -0.39 is 0 Å². The number of phenolic OH excluding ortho intramolecular Hbond substituents is 2. The Labute approximate surface area is 118 Å². The Bertz CT molecular complexity index is 563. The lowest BCUT2D eigenvalue weighted by atomic mass is 9.97. The molecule has 0 saturated heterocycles. The summed E-state index contributed by atoms with van der Waals surface area (Å²) in [4.78, 5) is 10.8. The molecule has 106 valence electrons. The number of nitrogens with zero attached hydrogens (tertiary/aromatic N) is 1. The standard InChI is InChI=1S/C15H18N2O3/c1-4-6-11-8-14(19)12(7-5-2)13(15(11)20)9-16-17-10(3)18/h4-5,8-9,19-20H,1-2,6-7H2,3H3,(H,17,18). The lowest BCUT2D eigenvalue weighted by Gasteiger charge is -2.12. The zero-order chi connectivity index (χ0) is 15.1. The average Bonchev–Trinajstić information content (AvgIpc) is 2.38. The highest BCUT2D eigenvalue weighted by Gasteiger charge is 2.14. The molecule has 0 aliphatic rings. The summed E-state index contributed by atoms with van der Waals surface area (Å²) >= 11 is 0. The number of hydrogen-bond donors (Lipinski definition) is 3. The van der Waals surface area contributed by atoms with Crippen LogP contribution < -0.4 is 5.43 Å². The minimum atomic E-state index is -0.322. The topological polar surface area (TPSA) is 81.9 Å². The molecule has 0 spiro atoms. The van der Waals surface area contributed by atoms with Crippen LogP contribution in [0.15, 0.2) is 36.5 Å². The van der Waals surface area contributed by atoms with Gasteiger partial charge in [0.1, 0.15) is 11.5 Å². The molecular formula is C15H18N2O3. The molecule has 20 heavy (non-hydrogen) atoms. The molecule has 0 saturated carbocycles. The normalized spacial score (nSPS) is 10.4. The van der Waals surface area contributed by atoms with E-state index in [1.165, 1.54) is 19.2 Å². The number of allylic oxidation sites excluding steroid dienone is 2. The molecule has 1 amide bonds. The van der Waals surface area contributed by atoms with Crippen LogP contribution in [0.3, 0.4) is 0 Å². The third-order valence-electron chi connectivity index (χ3n) is 2.63. The third-order valence-corrected chi connectivity index (χ3v) is 2.63. The Kier molecular flexibility index (Phi) is 5.53. The zero-order valence-electron chi connectivity index (χ0n) is 11.4. The second-order valence-corrected chi connectivity index (χ2v) is 4.21. The van der Waals surface area contributed by atoms with Crippen molar-refractivity contribution in [3.05, 3.63) is 48.1 Å². The largest absolute Gasteiger partial charge is 0.508 e. The summed E-state index contributed by atoms with van der Waals surface area (Å²) in [6, 6.07) is 1.49. The molecule has 0 unspecified atom stereocenters. The number of carbonyl (C=O) groups excluding carboxylic acids is 1. The second kappa shape index (κ2) is 7.13. The fourth-order valence-electron chi connectivity index (χ4n) is 1.77. The first-order valence-electron chi connectivity index (χ1n) is 6.09. The molecule has 5 nitrogen and oxygen atoms in total. The molecule has 1 aromatic rings. The van der Waals surface area contributed by atoms with Crippen molar-refractivity contribution < 1.29 is 15.0 Å². The summed E-state index contributed by atoms with van der Waals surface area (Å²) < 4.78 is 0. The Morgan fingerprint density at radius 2 is 2.00 bits per heavy atom. The van der Waals surface area contributed by atoms with E-state index >= 15 is 0 Å². The molecule has 0 aromatic heterocycles. The first-order chi connectivity index (χ1) is 9.51. The second-order valence-electron chi connectivity index (χ2n) is 4.21. The van der Waals surface area contributed by atoms with Gasteiger partial charge >= 0.3 is 0 Å². The van der Waals surface area contributed by atoms with E-state index in [0.29, 0.717) is 29.5 Å². The van der Waals surface area contributed by atoms with Gasteiger partial charge in [-0.15, -0.1) is 13.2 Å². The van der Waals surface area contributed by atoms with Gasteiger partial charge in [0.25, 0.3) is 0 Å².